The van der Waals surface area contributed by atoms with Gasteiger partial charge < -0.3 is 4.98 Å². The lowest BCUT2D eigenvalue weighted by Crippen LogP contribution is -2.12. The Kier molecular flexibility index (Phi) is 3.97. The number of para-hydroxylation sites is 1. The maximum absolute atomic E-state index is 12.1. The third kappa shape index (κ3) is 3.01. The Morgan fingerprint density at radius 2 is 1.67 bits per heavy atom. The lowest BCUT2D eigenvalue weighted by Gasteiger charge is -2.02. The Bertz CT molecular complexity index is 1030. The molecule has 0 aliphatic carbocycles. The van der Waals surface area contributed by atoms with Crippen LogP contribution in [-0.2, 0) is 12.8 Å². The van der Waals surface area contributed by atoms with E-state index in [2.05, 4.69) is 46.4 Å². The fraction of sp³-hybridized carbons (Fsp3) is 0.100. The van der Waals surface area contributed by atoms with Crippen molar-refractivity contribution in [1.82, 2.24) is 9.97 Å². The van der Waals surface area contributed by atoms with Gasteiger partial charge in [-0.1, -0.05) is 42.5 Å². The minimum Gasteiger partial charge on any atom is -0.310 e. The van der Waals surface area contributed by atoms with Gasteiger partial charge in [-0.05, 0) is 36.2 Å². The Morgan fingerprint density at radius 3 is 2.54 bits per heavy atom. The molecule has 4 heteroatoms. The van der Waals surface area contributed by atoms with Gasteiger partial charge in [-0.15, -0.1) is 11.3 Å². The van der Waals surface area contributed by atoms with E-state index in [9.17, 15) is 4.79 Å². The van der Waals surface area contributed by atoms with Crippen LogP contribution in [0.4, 0.5) is 0 Å². The lowest BCUT2D eigenvalue weighted by molar-refractivity contribution is 0.871. The summed E-state index contributed by atoms with van der Waals surface area (Å²) in [5.41, 5.74) is 1.94. The summed E-state index contributed by atoms with van der Waals surface area (Å²) in [6, 6.07) is 22.1. The molecular formula is C20H16N2OS. The standard InChI is InChI=1S/C20H16N2OS/c23-20-16-8-4-5-9-17(16)21-19(22-20)13-11-15-10-12-18(24-15)14-6-2-1-3-7-14/h1-10,12H,11,13H2,(H,21,22,23). The number of benzene rings is 2. The Morgan fingerprint density at radius 1 is 0.875 bits per heavy atom. The molecule has 0 saturated carbocycles. The van der Waals surface area contributed by atoms with E-state index >= 15 is 0 Å². The van der Waals surface area contributed by atoms with Gasteiger partial charge in [-0.3, -0.25) is 4.79 Å². The van der Waals surface area contributed by atoms with Crippen molar-refractivity contribution in [2.24, 2.45) is 0 Å². The summed E-state index contributed by atoms with van der Waals surface area (Å²) in [6.45, 7) is 0. The van der Waals surface area contributed by atoms with Crippen LogP contribution in [0.15, 0.2) is 71.5 Å². The van der Waals surface area contributed by atoms with Crippen LogP contribution in [0.2, 0.25) is 0 Å². The third-order valence-corrected chi connectivity index (χ3v) is 5.18. The van der Waals surface area contributed by atoms with Gasteiger partial charge in [0.15, 0.2) is 0 Å². The Labute approximate surface area is 143 Å². The van der Waals surface area contributed by atoms with Crippen LogP contribution in [0.25, 0.3) is 21.3 Å². The SMILES string of the molecule is O=c1[nH]c(CCc2ccc(-c3ccccc3)s2)nc2ccccc12. The molecule has 24 heavy (non-hydrogen) atoms. The normalized spacial score (nSPS) is 11.0. The molecule has 0 aliphatic heterocycles. The van der Waals surface area contributed by atoms with Gasteiger partial charge in [0.05, 0.1) is 10.9 Å². The largest absolute Gasteiger partial charge is 0.310 e. The molecule has 2 aromatic carbocycles. The van der Waals surface area contributed by atoms with E-state index in [1.165, 1.54) is 15.3 Å². The van der Waals surface area contributed by atoms with Crippen LogP contribution in [0.3, 0.4) is 0 Å². The quantitative estimate of drug-likeness (QED) is 0.600. The van der Waals surface area contributed by atoms with Crippen molar-refractivity contribution >= 4 is 22.2 Å². The predicted molar refractivity (Wildman–Crippen MR) is 99.5 cm³/mol. The van der Waals surface area contributed by atoms with Crippen LogP contribution < -0.4 is 5.56 Å². The van der Waals surface area contributed by atoms with Gasteiger partial charge in [0.1, 0.15) is 5.82 Å². The number of nitrogens with one attached hydrogen (secondary N) is 1. The predicted octanol–water partition coefficient (Wildman–Crippen LogP) is 4.44. The number of nitrogens with zero attached hydrogens (tertiary/aromatic N) is 1. The first-order valence-electron chi connectivity index (χ1n) is 7.92. The van der Waals surface area contributed by atoms with Crippen molar-refractivity contribution in [3.8, 4) is 10.4 Å². The molecule has 3 nitrogen and oxygen atoms in total. The fourth-order valence-electron chi connectivity index (χ4n) is 2.76. The first kappa shape index (κ1) is 14.8. The molecular weight excluding hydrogens is 316 g/mol. The zero-order valence-electron chi connectivity index (χ0n) is 13.0. The number of thiophene rings is 1. The summed E-state index contributed by atoms with van der Waals surface area (Å²) < 4.78 is 0. The smallest absolute Gasteiger partial charge is 0.258 e. The molecule has 4 aromatic rings. The zero-order valence-corrected chi connectivity index (χ0v) is 13.8. The van der Waals surface area contributed by atoms with E-state index in [0.717, 1.165) is 24.2 Å². The first-order valence-corrected chi connectivity index (χ1v) is 8.73. The van der Waals surface area contributed by atoms with Crippen LogP contribution in [0, 0.1) is 0 Å². The van der Waals surface area contributed by atoms with E-state index in [4.69, 9.17) is 0 Å². The second-order valence-electron chi connectivity index (χ2n) is 5.66. The van der Waals surface area contributed by atoms with Crippen molar-refractivity contribution in [2.45, 2.75) is 12.8 Å². The third-order valence-electron chi connectivity index (χ3n) is 3.99. The van der Waals surface area contributed by atoms with Gasteiger partial charge in [0.2, 0.25) is 0 Å². The number of aromatic nitrogens is 2. The van der Waals surface area contributed by atoms with Crippen molar-refractivity contribution in [2.75, 3.05) is 0 Å². The molecule has 0 spiro atoms. The number of hydrogen-bond acceptors (Lipinski definition) is 3. The molecule has 0 aliphatic rings. The van der Waals surface area contributed by atoms with Gasteiger partial charge in [-0.25, -0.2) is 4.98 Å². The van der Waals surface area contributed by atoms with Gasteiger partial charge in [0.25, 0.3) is 5.56 Å². The van der Waals surface area contributed by atoms with Gasteiger partial charge in [0, 0.05) is 16.2 Å². The highest BCUT2D eigenvalue weighted by Gasteiger charge is 2.06. The zero-order chi connectivity index (χ0) is 16.4. The second-order valence-corrected chi connectivity index (χ2v) is 6.83. The van der Waals surface area contributed by atoms with Crippen LogP contribution >= 0.6 is 11.3 Å². The van der Waals surface area contributed by atoms with E-state index in [1.807, 2.05) is 24.3 Å². The molecule has 118 valence electrons. The average molecular weight is 332 g/mol. The van der Waals surface area contributed by atoms with Crippen LogP contribution in [0.1, 0.15) is 10.7 Å². The van der Waals surface area contributed by atoms with E-state index in [-0.39, 0.29) is 5.56 Å². The monoisotopic (exact) mass is 332 g/mol. The highest BCUT2D eigenvalue weighted by atomic mass is 32.1. The summed E-state index contributed by atoms with van der Waals surface area (Å²) in [5, 5.41) is 0.642. The van der Waals surface area contributed by atoms with Crippen molar-refractivity contribution in [1.29, 1.82) is 0 Å². The van der Waals surface area contributed by atoms with Gasteiger partial charge >= 0.3 is 0 Å². The Balaban J connectivity index is 1.53. The molecule has 0 atom stereocenters. The number of H-pyrrole nitrogens is 1. The average Bonchev–Trinajstić information content (AvgIpc) is 3.10. The van der Waals surface area contributed by atoms with Gasteiger partial charge in [-0.2, -0.15) is 0 Å². The molecule has 4 rings (SSSR count). The summed E-state index contributed by atoms with van der Waals surface area (Å²) in [7, 11) is 0. The minimum absolute atomic E-state index is 0.0632. The number of rotatable bonds is 4. The molecule has 0 saturated heterocycles. The topological polar surface area (TPSA) is 45.8 Å². The molecule has 2 aromatic heterocycles. The van der Waals surface area contributed by atoms with E-state index in [0.29, 0.717) is 5.39 Å². The molecule has 2 heterocycles. The molecule has 0 radical (unpaired) electrons. The lowest BCUT2D eigenvalue weighted by atomic mass is 10.2. The van der Waals surface area contributed by atoms with Crippen molar-refractivity contribution < 1.29 is 0 Å². The Hall–Kier alpha value is -2.72. The van der Waals surface area contributed by atoms with Crippen molar-refractivity contribution in [3.05, 3.63) is 87.8 Å². The van der Waals surface area contributed by atoms with E-state index < -0.39 is 0 Å². The maximum atomic E-state index is 12.1. The van der Waals surface area contributed by atoms with Crippen molar-refractivity contribution in [3.63, 3.8) is 0 Å². The maximum Gasteiger partial charge on any atom is 0.258 e. The number of aromatic amines is 1. The highest BCUT2D eigenvalue weighted by Crippen LogP contribution is 2.28. The molecule has 1 N–H and O–H groups in total. The number of fused-ring (bicyclic) bond motifs is 1. The molecule has 0 fully saturated rings. The molecule has 0 amide bonds. The second kappa shape index (κ2) is 6.42. The summed E-state index contributed by atoms with van der Waals surface area (Å²) in [5.74, 6) is 0.744. The summed E-state index contributed by atoms with van der Waals surface area (Å²) in [4.78, 5) is 22.1. The summed E-state index contributed by atoms with van der Waals surface area (Å²) >= 11 is 1.79. The number of hydrogen-bond donors (Lipinski definition) is 1. The summed E-state index contributed by atoms with van der Waals surface area (Å²) in [6.07, 6.45) is 1.60. The fourth-order valence-corrected chi connectivity index (χ4v) is 3.78. The minimum atomic E-state index is -0.0632. The van der Waals surface area contributed by atoms with E-state index in [1.54, 1.807) is 17.4 Å². The van der Waals surface area contributed by atoms with Crippen LogP contribution in [-0.4, -0.2) is 9.97 Å². The van der Waals surface area contributed by atoms with Crippen LogP contribution in [0.5, 0.6) is 0 Å². The number of aryl methyl sites for hydroxylation is 2. The molecule has 0 unspecified atom stereocenters. The molecule has 0 bridgehead atoms. The first-order chi connectivity index (χ1) is 11.8. The highest BCUT2D eigenvalue weighted by molar-refractivity contribution is 7.15.